The Bertz CT molecular complexity index is 847. The molecule has 0 spiro atoms. The van der Waals surface area contributed by atoms with Gasteiger partial charge in [-0.25, -0.2) is 14.6 Å². The summed E-state index contributed by atoms with van der Waals surface area (Å²) in [7, 11) is 0. The van der Waals surface area contributed by atoms with E-state index in [0.29, 0.717) is 30.6 Å². The molecule has 0 bridgehead atoms. The Morgan fingerprint density at radius 1 is 1.18 bits per heavy atom. The van der Waals surface area contributed by atoms with Gasteiger partial charge in [-0.1, -0.05) is 45.9 Å². The van der Waals surface area contributed by atoms with Crippen LogP contribution in [-0.2, 0) is 4.74 Å². The molecular weight excluding hydrogens is 432 g/mol. The molecule has 1 rings (SSSR count). The van der Waals surface area contributed by atoms with Crippen molar-refractivity contribution in [1.82, 2.24) is 9.88 Å². The van der Waals surface area contributed by atoms with Crippen LogP contribution in [0.3, 0.4) is 0 Å². The number of amides is 1. The van der Waals surface area contributed by atoms with Crippen molar-refractivity contribution in [2.45, 2.75) is 74.3 Å². The van der Waals surface area contributed by atoms with Crippen molar-refractivity contribution in [3.05, 3.63) is 59.5 Å². The Balaban J connectivity index is 0.00000529. The molecule has 0 aliphatic heterocycles. The third kappa shape index (κ3) is 13.5. The summed E-state index contributed by atoms with van der Waals surface area (Å²) in [5.41, 5.74) is 0.447. The maximum atomic E-state index is 12.7. The number of carbonyl (C=O) groups excluding carboxylic acids is 1. The second-order valence-electron chi connectivity index (χ2n) is 8.90. The van der Waals surface area contributed by atoms with Gasteiger partial charge in [-0.2, -0.15) is 0 Å². The molecule has 0 aromatic carbocycles. The van der Waals surface area contributed by atoms with Gasteiger partial charge < -0.3 is 19.5 Å². The van der Waals surface area contributed by atoms with Crippen LogP contribution >= 0.6 is 0 Å². The number of carboxylic acids is 1. The first kappa shape index (κ1) is 30.9. The number of ether oxygens (including phenoxy) is 2. The molecule has 0 aliphatic carbocycles. The molecule has 7 heteroatoms. The summed E-state index contributed by atoms with van der Waals surface area (Å²) in [6, 6.07) is 2.94. The SMILES string of the molecule is CC.C\C=C/C(=C\C=C(/C)Oc1ccc(C(=O)O)cn1)CN(CCC(C)C)C(=O)OC(C)(C)C. The van der Waals surface area contributed by atoms with Gasteiger partial charge in [0.2, 0.25) is 5.88 Å². The van der Waals surface area contributed by atoms with Crippen molar-refractivity contribution in [3.8, 4) is 5.88 Å². The second kappa shape index (κ2) is 15.7. The minimum absolute atomic E-state index is 0.0953. The Hall–Kier alpha value is -3.09. The Labute approximate surface area is 205 Å². The zero-order valence-electron chi connectivity index (χ0n) is 22.2. The molecule has 1 heterocycles. The predicted molar refractivity (Wildman–Crippen MR) is 137 cm³/mol. The number of carboxylic acid groups (broad SMARTS) is 1. The first-order valence-electron chi connectivity index (χ1n) is 11.8. The van der Waals surface area contributed by atoms with E-state index in [4.69, 9.17) is 14.6 Å². The molecule has 0 saturated heterocycles. The molecule has 7 nitrogen and oxygen atoms in total. The van der Waals surface area contributed by atoms with Crippen LogP contribution in [0.1, 0.15) is 79.1 Å². The van der Waals surface area contributed by atoms with Gasteiger partial charge in [0.15, 0.2) is 0 Å². The van der Waals surface area contributed by atoms with Crippen LogP contribution in [-0.4, -0.2) is 45.7 Å². The van der Waals surface area contributed by atoms with E-state index < -0.39 is 11.6 Å². The zero-order chi connectivity index (χ0) is 26.3. The number of allylic oxidation sites excluding steroid dienone is 4. The van der Waals surface area contributed by atoms with Crippen molar-refractivity contribution in [2.75, 3.05) is 13.1 Å². The minimum Gasteiger partial charge on any atom is -0.478 e. The number of pyridine rings is 1. The van der Waals surface area contributed by atoms with E-state index in [0.717, 1.165) is 12.0 Å². The lowest BCUT2D eigenvalue weighted by Gasteiger charge is -2.28. The average Bonchev–Trinajstić information content (AvgIpc) is 2.75. The van der Waals surface area contributed by atoms with E-state index in [1.165, 1.54) is 18.3 Å². The van der Waals surface area contributed by atoms with Gasteiger partial charge >= 0.3 is 12.1 Å². The standard InChI is InChI=1S/C25H36N2O5.C2H6/c1-8-9-20(17-27(15-14-18(2)3)24(30)32-25(5,6)7)11-10-19(4)31-22-13-12-21(16-26-22)23(28)29;1-2/h8-13,16,18H,14-15,17H2,1-7H3,(H,28,29);1-2H3/b9-8-,19-10+,20-11+;. The molecule has 190 valence electrons. The highest BCUT2D eigenvalue weighted by molar-refractivity contribution is 5.87. The summed E-state index contributed by atoms with van der Waals surface area (Å²) in [4.78, 5) is 29.4. The molecule has 0 aliphatic rings. The number of aromatic nitrogens is 1. The molecule has 1 aromatic heterocycles. The molecule has 34 heavy (non-hydrogen) atoms. The second-order valence-corrected chi connectivity index (χ2v) is 8.90. The number of aromatic carboxylic acids is 1. The third-order valence-corrected chi connectivity index (χ3v) is 4.16. The van der Waals surface area contributed by atoms with Crippen molar-refractivity contribution in [3.63, 3.8) is 0 Å². The van der Waals surface area contributed by atoms with E-state index in [1.54, 1.807) is 17.9 Å². The first-order chi connectivity index (χ1) is 15.9. The quantitative estimate of drug-likeness (QED) is 0.294. The van der Waals surface area contributed by atoms with Gasteiger partial charge in [0.25, 0.3) is 0 Å². The van der Waals surface area contributed by atoms with Crippen LogP contribution < -0.4 is 4.74 Å². The van der Waals surface area contributed by atoms with E-state index >= 15 is 0 Å². The van der Waals surface area contributed by atoms with E-state index in [2.05, 4.69) is 18.8 Å². The highest BCUT2D eigenvalue weighted by atomic mass is 16.6. The molecule has 1 aromatic rings. The van der Waals surface area contributed by atoms with Crippen LogP contribution in [0.5, 0.6) is 5.88 Å². The number of hydrogen-bond acceptors (Lipinski definition) is 5. The third-order valence-electron chi connectivity index (χ3n) is 4.16. The largest absolute Gasteiger partial charge is 0.478 e. The molecular formula is C27H42N2O5. The predicted octanol–water partition coefficient (Wildman–Crippen LogP) is 6.87. The number of rotatable bonds is 10. The summed E-state index contributed by atoms with van der Waals surface area (Å²) >= 11 is 0. The van der Waals surface area contributed by atoms with Crippen LogP contribution in [0.4, 0.5) is 4.79 Å². The summed E-state index contributed by atoms with van der Waals surface area (Å²) in [6.45, 7) is 18.5. The monoisotopic (exact) mass is 474 g/mol. The summed E-state index contributed by atoms with van der Waals surface area (Å²) in [6.07, 6.45) is 9.31. The molecule has 0 saturated carbocycles. The van der Waals surface area contributed by atoms with Crippen molar-refractivity contribution >= 4 is 12.1 Å². The topological polar surface area (TPSA) is 89.0 Å². The molecule has 0 fully saturated rings. The normalized spacial score (nSPS) is 12.3. The van der Waals surface area contributed by atoms with E-state index in [9.17, 15) is 9.59 Å². The van der Waals surface area contributed by atoms with E-state index in [-0.39, 0.29) is 11.7 Å². The van der Waals surface area contributed by atoms with Gasteiger partial charge in [0.05, 0.1) is 5.56 Å². The molecule has 1 amide bonds. The van der Waals surface area contributed by atoms with Gasteiger partial charge in [0, 0.05) is 25.4 Å². The minimum atomic E-state index is -1.04. The van der Waals surface area contributed by atoms with Gasteiger partial charge in [-0.3, -0.25) is 0 Å². The maximum absolute atomic E-state index is 12.7. The van der Waals surface area contributed by atoms with Gasteiger partial charge in [0.1, 0.15) is 11.4 Å². The summed E-state index contributed by atoms with van der Waals surface area (Å²) < 4.78 is 11.2. The fourth-order valence-corrected chi connectivity index (χ4v) is 2.56. The average molecular weight is 475 g/mol. The molecule has 0 unspecified atom stereocenters. The summed E-state index contributed by atoms with van der Waals surface area (Å²) in [5, 5.41) is 8.95. The number of hydrogen-bond donors (Lipinski definition) is 1. The molecule has 0 radical (unpaired) electrons. The van der Waals surface area contributed by atoms with Gasteiger partial charge in [-0.05, 0) is 64.7 Å². The van der Waals surface area contributed by atoms with Crippen LogP contribution in [0, 0.1) is 5.92 Å². The number of nitrogens with zero attached hydrogens (tertiary/aromatic N) is 2. The maximum Gasteiger partial charge on any atom is 0.410 e. The Kier molecular flexibility index (Phi) is 14.3. The van der Waals surface area contributed by atoms with Gasteiger partial charge in [-0.15, -0.1) is 0 Å². The highest BCUT2D eigenvalue weighted by Crippen LogP contribution is 2.15. The Morgan fingerprint density at radius 2 is 1.82 bits per heavy atom. The van der Waals surface area contributed by atoms with Crippen LogP contribution in [0.25, 0.3) is 0 Å². The lowest BCUT2D eigenvalue weighted by atomic mass is 10.1. The lowest BCUT2D eigenvalue weighted by molar-refractivity contribution is 0.0261. The highest BCUT2D eigenvalue weighted by Gasteiger charge is 2.22. The van der Waals surface area contributed by atoms with Crippen LogP contribution in [0.15, 0.2) is 54.0 Å². The van der Waals surface area contributed by atoms with Crippen LogP contribution in [0.2, 0.25) is 0 Å². The van der Waals surface area contributed by atoms with Crippen molar-refractivity contribution in [1.29, 1.82) is 0 Å². The molecule has 1 N–H and O–H groups in total. The fraction of sp³-hybridized carbons (Fsp3) is 0.519. The van der Waals surface area contributed by atoms with Crippen molar-refractivity contribution in [2.24, 2.45) is 5.92 Å². The lowest BCUT2D eigenvalue weighted by Crippen LogP contribution is -2.38. The number of carbonyl (C=O) groups is 2. The fourth-order valence-electron chi connectivity index (χ4n) is 2.56. The van der Waals surface area contributed by atoms with E-state index in [1.807, 2.05) is 59.8 Å². The zero-order valence-corrected chi connectivity index (χ0v) is 22.2. The smallest absolute Gasteiger partial charge is 0.410 e. The first-order valence-corrected chi connectivity index (χ1v) is 11.8. The summed E-state index contributed by atoms with van der Waals surface area (Å²) in [5.74, 6) is 0.303. The molecule has 0 atom stereocenters. The van der Waals surface area contributed by atoms with Crippen molar-refractivity contribution < 1.29 is 24.2 Å². The Morgan fingerprint density at radius 3 is 2.29 bits per heavy atom.